The van der Waals surface area contributed by atoms with Gasteiger partial charge < -0.3 is 34.3 Å². The number of hydrogen-bond acceptors (Lipinski definition) is 8. The molecule has 3 N–H and O–H groups in total. The number of aliphatic hydroxyl groups excluding tert-OH is 1. The molecule has 2 heterocycles. The van der Waals surface area contributed by atoms with E-state index in [1.807, 2.05) is 13.8 Å². The van der Waals surface area contributed by atoms with Crippen molar-refractivity contribution < 1.29 is 37.0 Å². The molecule has 1 aromatic heterocycles. The number of fused-ring (bicyclic) bond motifs is 1. The summed E-state index contributed by atoms with van der Waals surface area (Å²) >= 11 is 0. The van der Waals surface area contributed by atoms with Crippen LogP contribution in [0.15, 0.2) is 60.0 Å². The fraction of sp³-hybridized carbons (Fsp3) is 0.485. The smallest absolute Gasteiger partial charge is 0.321 e. The molecular weight excluding hydrogens is 643 g/mol. The summed E-state index contributed by atoms with van der Waals surface area (Å²) in [6.45, 7) is 5.95. The van der Waals surface area contributed by atoms with Gasteiger partial charge in [0.2, 0.25) is 0 Å². The van der Waals surface area contributed by atoms with Crippen LogP contribution < -0.4 is 14.8 Å². The number of likely N-dealkylation sites (N-methyl/N-ethyl adjacent to an activating group) is 1. The van der Waals surface area contributed by atoms with Gasteiger partial charge in [-0.05, 0) is 75.6 Å². The summed E-state index contributed by atoms with van der Waals surface area (Å²) in [6.07, 6.45) is 4.17. The average molecular weight is 689 g/mol. The number of urea groups is 1. The molecule has 0 spiro atoms. The third-order valence-corrected chi connectivity index (χ3v) is 9.42. The summed E-state index contributed by atoms with van der Waals surface area (Å²) in [5.41, 5.74) is 0.712. The van der Waals surface area contributed by atoms with Crippen LogP contribution >= 0.6 is 0 Å². The fourth-order valence-corrected chi connectivity index (χ4v) is 6.32. The second-order valence-corrected chi connectivity index (χ2v) is 13.9. The van der Waals surface area contributed by atoms with Gasteiger partial charge in [0.25, 0.3) is 15.9 Å². The highest BCUT2D eigenvalue weighted by Gasteiger charge is 2.31. The number of aryl methyl sites for hydroxylation is 1. The molecule has 3 aromatic rings. The molecule has 0 saturated carbocycles. The molecule has 4 atom stereocenters. The predicted molar refractivity (Wildman–Crippen MR) is 179 cm³/mol. The van der Waals surface area contributed by atoms with E-state index in [0.29, 0.717) is 18.7 Å². The van der Waals surface area contributed by atoms with Gasteiger partial charge in [0, 0.05) is 57.3 Å². The molecule has 0 aliphatic carbocycles. The zero-order valence-electron chi connectivity index (χ0n) is 27.9. The number of carbonyl (C=O) groups excluding carboxylic acids is 2. The Hall–Kier alpha value is -4.21. The number of nitrogens with one attached hydrogen (secondary N) is 2. The van der Waals surface area contributed by atoms with E-state index in [2.05, 4.69) is 15.0 Å². The summed E-state index contributed by atoms with van der Waals surface area (Å²) in [7, 11) is -0.762. The maximum absolute atomic E-state index is 14.3. The van der Waals surface area contributed by atoms with Crippen LogP contribution in [0.25, 0.3) is 0 Å². The third-order valence-electron chi connectivity index (χ3n) is 8.16. The van der Waals surface area contributed by atoms with Gasteiger partial charge in [-0.2, -0.15) is 8.42 Å². The van der Waals surface area contributed by atoms with Crippen LogP contribution in [0.3, 0.4) is 0 Å². The summed E-state index contributed by atoms with van der Waals surface area (Å²) < 4.78 is 56.0. The van der Waals surface area contributed by atoms with Gasteiger partial charge in [0.1, 0.15) is 11.6 Å². The van der Waals surface area contributed by atoms with E-state index >= 15 is 0 Å². The second kappa shape index (κ2) is 16.3. The first-order valence-corrected chi connectivity index (χ1v) is 17.4. The van der Waals surface area contributed by atoms with Crippen LogP contribution in [-0.2, 0) is 21.8 Å². The number of carbonyl (C=O) groups is 2. The Labute approximate surface area is 281 Å². The first kappa shape index (κ1) is 36.6. The lowest BCUT2D eigenvalue weighted by atomic mass is 10.0. The molecule has 0 saturated heterocycles. The first-order chi connectivity index (χ1) is 22.8. The summed E-state index contributed by atoms with van der Waals surface area (Å²) in [5, 5.41) is 12.8. The summed E-state index contributed by atoms with van der Waals surface area (Å²) in [4.78, 5) is 34.2. The maximum Gasteiger partial charge on any atom is 0.321 e. The van der Waals surface area contributed by atoms with E-state index in [9.17, 15) is 27.5 Å². The minimum atomic E-state index is -4.05. The van der Waals surface area contributed by atoms with Crippen molar-refractivity contribution in [1.29, 1.82) is 0 Å². The molecule has 2 aromatic carbocycles. The number of imidazole rings is 1. The molecule has 262 valence electrons. The maximum atomic E-state index is 14.3. The molecule has 0 radical (unpaired) electrons. The lowest BCUT2D eigenvalue weighted by Gasteiger charge is -2.35. The number of amides is 3. The van der Waals surface area contributed by atoms with Crippen LogP contribution in [-0.4, -0.2) is 96.4 Å². The van der Waals surface area contributed by atoms with E-state index in [-0.39, 0.29) is 53.7 Å². The molecule has 0 unspecified atom stereocenters. The number of rotatable bonds is 8. The highest BCUT2D eigenvalue weighted by molar-refractivity contribution is 7.92. The number of ether oxygens (including phenoxy) is 2. The lowest BCUT2D eigenvalue weighted by molar-refractivity contribution is -0.0115. The van der Waals surface area contributed by atoms with Gasteiger partial charge in [0.15, 0.2) is 5.03 Å². The van der Waals surface area contributed by atoms with Crippen molar-refractivity contribution in [3.8, 4) is 5.75 Å². The Balaban J connectivity index is 1.62. The van der Waals surface area contributed by atoms with Crippen molar-refractivity contribution in [1.82, 2.24) is 19.4 Å². The number of sulfonamides is 1. The molecular formula is C33H45FN6O7S. The Kier molecular flexibility index (Phi) is 12.4. The Morgan fingerprint density at radius 2 is 1.88 bits per heavy atom. The largest absolute Gasteiger partial charge is 0.490 e. The van der Waals surface area contributed by atoms with Crippen molar-refractivity contribution >= 4 is 33.3 Å². The summed E-state index contributed by atoms with van der Waals surface area (Å²) in [5.74, 6) is -0.896. The Morgan fingerprint density at radius 3 is 2.54 bits per heavy atom. The number of halogens is 1. The highest BCUT2D eigenvalue weighted by Crippen LogP contribution is 2.29. The molecule has 3 amide bonds. The minimum absolute atomic E-state index is 0.126. The molecule has 0 fully saturated rings. The Morgan fingerprint density at radius 1 is 1.17 bits per heavy atom. The normalized spacial score (nSPS) is 20.2. The van der Waals surface area contributed by atoms with E-state index in [1.165, 1.54) is 63.3 Å². The van der Waals surface area contributed by atoms with Gasteiger partial charge in [-0.15, -0.1) is 0 Å². The molecule has 0 bridgehead atoms. The van der Waals surface area contributed by atoms with Gasteiger partial charge in [-0.1, -0.05) is 6.92 Å². The highest BCUT2D eigenvalue weighted by atomic mass is 32.2. The van der Waals surface area contributed by atoms with Gasteiger partial charge in [-0.3, -0.25) is 9.52 Å². The molecule has 15 heteroatoms. The van der Waals surface area contributed by atoms with Crippen molar-refractivity contribution in [3.63, 3.8) is 0 Å². The first-order valence-electron chi connectivity index (χ1n) is 15.9. The van der Waals surface area contributed by atoms with Gasteiger partial charge >= 0.3 is 6.03 Å². The van der Waals surface area contributed by atoms with E-state index < -0.39 is 39.9 Å². The lowest BCUT2D eigenvalue weighted by Crippen LogP contribution is -2.48. The van der Waals surface area contributed by atoms with Crippen LogP contribution in [0.2, 0.25) is 0 Å². The van der Waals surface area contributed by atoms with Crippen molar-refractivity contribution in [3.05, 3.63) is 66.4 Å². The van der Waals surface area contributed by atoms with Crippen LogP contribution in [0.4, 0.5) is 20.6 Å². The standard InChI is InChI=1S/C33H45FN6O7S/c1-22-17-40(23(2)20-41)32(42)28-16-27(37-48(44,45)31-19-38(4)21-35-31)13-14-29(28)47-24(3)8-6-7-15-46-30(22)18-39(5)33(43)36-26-11-9-25(34)10-12-26/h9-14,16,19,21-24,30,37,41H,6-8,15,17-18,20H2,1-5H3,(H,36,43)/t22-,23+,24+,30-/m1/s1. The monoisotopic (exact) mass is 688 g/mol. The van der Waals surface area contributed by atoms with Crippen LogP contribution in [0.1, 0.15) is 50.4 Å². The average Bonchev–Trinajstić information content (AvgIpc) is 3.50. The third kappa shape index (κ3) is 9.67. The van der Waals surface area contributed by atoms with Gasteiger partial charge in [-0.25, -0.2) is 14.2 Å². The zero-order valence-corrected chi connectivity index (χ0v) is 28.7. The topological polar surface area (TPSA) is 155 Å². The molecule has 1 aliphatic rings. The quantitative estimate of drug-likeness (QED) is 0.316. The number of anilines is 2. The number of aliphatic hydroxyl groups is 1. The SMILES string of the molecule is C[C@@H]1CN([C@@H](C)CO)C(=O)c2cc(NS(=O)(=O)c3cn(C)cn3)ccc2O[C@@H](C)CCCCO[C@@H]1CN(C)C(=O)Nc1ccc(F)cc1. The van der Waals surface area contributed by atoms with E-state index in [1.54, 1.807) is 27.1 Å². The Bertz CT molecular complexity index is 1650. The van der Waals surface area contributed by atoms with E-state index in [4.69, 9.17) is 9.47 Å². The van der Waals surface area contributed by atoms with Crippen LogP contribution in [0, 0.1) is 11.7 Å². The predicted octanol–water partition coefficient (Wildman–Crippen LogP) is 4.32. The van der Waals surface area contributed by atoms with Crippen LogP contribution in [0.5, 0.6) is 5.75 Å². The number of nitrogens with zero attached hydrogens (tertiary/aromatic N) is 4. The number of benzene rings is 2. The molecule has 1 aliphatic heterocycles. The second-order valence-electron chi connectivity index (χ2n) is 12.3. The number of aromatic nitrogens is 2. The van der Waals surface area contributed by atoms with Crippen molar-refractivity contribution in [2.24, 2.45) is 13.0 Å². The van der Waals surface area contributed by atoms with Crippen molar-refractivity contribution in [2.45, 2.75) is 63.3 Å². The zero-order chi connectivity index (χ0) is 35.0. The molecule has 48 heavy (non-hydrogen) atoms. The minimum Gasteiger partial charge on any atom is -0.490 e. The van der Waals surface area contributed by atoms with E-state index in [0.717, 1.165) is 12.8 Å². The van der Waals surface area contributed by atoms with Crippen molar-refractivity contribution in [2.75, 3.05) is 43.4 Å². The molecule has 4 rings (SSSR count). The fourth-order valence-electron chi connectivity index (χ4n) is 5.29. The summed E-state index contributed by atoms with van der Waals surface area (Å²) in [6, 6.07) is 8.96. The molecule has 13 nitrogen and oxygen atoms in total. The van der Waals surface area contributed by atoms with Gasteiger partial charge in [0.05, 0.1) is 36.7 Å². The number of hydrogen-bond donors (Lipinski definition) is 3.